The fourth-order valence-electron chi connectivity index (χ4n) is 3.60. The van der Waals surface area contributed by atoms with Gasteiger partial charge in [-0.05, 0) is 57.0 Å². The van der Waals surface area contributed by atoms with Crippen LogP contribution in [0.5, 0.6) is 5.75 Å². The summed E-state index contributed by atoms with van der Waals surface area (Å²) in [6.07, 6.45) is 0.879. The molecule has 0 aliphatic carbocycles. The van der Waals surface area contributed by atoms with E-state index in [9.17, 15) is 4.79 Å². The Morgan fingerprint density at radius 3 is 2.81 bits per heavy atom. The quantitative estimate of drug-likeness (QED) is 0.687. The number of nitrogens with zero attached hydrogens (tertiary/aromatic N) is 2. The Morgan fingerprint density at radius 1 is 1.22 bits per heavy atom. The van der Waals surface area contributed by atoms with Crippen molar-refractivity contribution in [2.24, 2.45) is 0 Å². The van der Waals surface area contributed by atoms with Crippen molar-refractivity contribution >= 4 is 11.6 Å². The van der Waals surface area contributed by atoms with Crippen LogP contribution in [-0.2, 0) is 13.0 Å². The first-order valence-corrected chi connectivity index (χ1v) is 9.10. The number of carbonyl (C=O) groups excluding carboxylic acids is 1. The van der Waals surface area contributed by atoms with Crippen LogP contribution in [0.3, 0.4) is 0 Å². The molecular weight excluding hydrogens is 340 g/mol. The van der Waals surface area contributed by atoms with Crippen LogP contribution in [-0.4, -0.2) is 17.1 Å². The molecule has 4 rings (SSSR count). The van der Waals surface area contributed by atoms with Gasteiger partial charge in [0.05, 0.1) is 11.3 Å². The topological polar surface area (TPSA) is 55.6 Å². The zero-order valence-electron chi connectivity index (χ0n) is 15.7. The van der Waals surface area contributed by atoms with Crippen molar-refractivity contribution in [3.8, 4) is 5.75 Å². The zero-order valence-corrected chi connectivity index (χ0v) is 15.7. The van der Waals surface area contributed by atoms with Crippen LogP contribution < -0.4 is 9.64 Å². The zero-order chi connectivity index (χ0) is 19.0. The van der Waals surface area contributed by atoms with Crippen molar-refractivity contribution in [2.75, 3.05) is 4.90 Å². The number of hydrogen-bond acceptors (Lipinski definition) is 4. The Balaban J connectivity index is 1.55. The molecule has 0 saturated heterocycles. The highest BCUT2D eigenvalue weighted by molar-refractivity contribution is 6.08. The predicted molar refractivity (Wildman–Crippen MR) is 103 cm³/mol. The number of hydrogen-bond donors (Lipinski definition) is 0. The van der Waals surface area contributed by atoms with E-state index in [4.69, 9.17) is 9.26 Å². The highest BCUT2D eigenvalue weighted by Crippen LogP contribution is 2.33. The van der Waals surface area contributed by atoms with Crippen molar-refractivity contribution in [1.29, 1.82) is 0 Å². The van der Waals surface area contributed by atoms with E-state index in [0.29, 0.717) is 17.9 Å². The molecule has 1 aromatic heterocycles. The number of carbonyl (C=O) groups is 1. The van der Waals surface area contributed by atoms with Gasteiger partial charge < -0.3 is 14.2 Å². The van der Waals surface area contributed by atoms with E-state index in [1.165, 1.54) is 5.56 Å². The van der Waals surface area contributed by atoms with Crippen LogP contribution in [0.25, 0.3) is 0 Å². The van der Waals surface area contributed by atoms with Crippen molar-refractivity contribution in [3.05, 3.63) is 76.7 Å². The third-order valence-corrected chi connectivity index (χ3v) is 5.07. The van der Waals surface area contributed by atoms with Crippen molar-refractivity contribution in [2.45, 2.75) is 39.8 Å². The molecule has 2 heterocycles. The molecule has 0 spiro atoms. The van der Waals surface area contributed by atoms with Crippen LogP contribution in [0.1, 0.15) is 39.9 Å². The van der Waals surface area contributed by atoms with Crippen LogP contribution in [0.15, 0.2) is 53.1 Å². The highest BCUT2D eigenvalue weighted by Gasteiger charge is 2.31. The van der Waals surface area contributed by atoms with Crippen molar-refractivity contribution in [3.63, 3.8) is 0 Å². The van der Waals surface area contributed by atoms with Gasteiger partial charge in [0.15, 0.2) is 0 Å². The number of rotatable bonds is 4. The third kappa shape index (κ3) is 3.21. The first kappa shape index (κ1) is 17.3. The van der Waals surface area contributed by atoms with E-state index in [1.807, 2.05) is 55.1 Å². The molecule has 0 saturated carbocycles. The molecule has 1 amide bonds. The largest absolute Gasteiger partial charge is 0.489 e. The van der Waals surface area contributed by atoms with E-state index < -0.39 is 0 Å². The number of aromatic nitrogens is 1. The summed E-state index contributed by atoms with van der Waals surface area (Å²) in [4.78, 5) is 15.0. The molecule has 0 fully saturated rings. The SMILES string of the molecule is Cc1noc(C)c1COc1cccc(C(=O)N2c3ccccc3C[C@H]2C)c1. The molecule has 5 nitrogen and oxygen atoms in total. The lowest BCUT2D eigenvalue weighted by molar-refractivity contribution is 0.0981. The van der Waals surface area contributed by atoms with Gasteiger partial charge in [-0.1, -0.05) is 29.4 Å². The Bertz CT molecular complexity index is 973. The number of anilines is 1. The maximum Gasteiger partial charge on any atom is 0.258 e. The maximum atomic E-state index is 13.2. The summed E-state index contributed by atoms with van der Waals surface area (Å²) in [6.45, 7) is 6.20. The summed E-state index contributed by atoms with van der Waals surface area (Å²) < 4.78 is 11.1. The summed E-state index contributed by atoms with van der Waals surface area (Å²) in [5.74, 6) is 1.40. The lowest BCUT2D eigenvalue weighted by atomic mass is 10.1. The predicted octanol–water partition coefficient (Wildman–Crippen LogP) is 4.46. The normalized spacial score (nSPS) is 15.7. The molecule has 5 heteroatoms. The fraction of sp³-hybridized carbons (Fsp3) is 0.273. The summed E-state index contributed by atoms with van der Waals surface area (Å²) >= 11 is 0. The number of benzene rings is 2. The van der Waals surface area contributed by atoms with Gasteiger partial charge in [-0.3, -0.25) is 4.79 Å². The molecule has 1 aliphatic heterocycles. The van der Waals surface area contributed by atoms with Crippen molar-refractivity contribution in [1.82, 2.24) is 5.16 Å². The average molecular weight is 362 g/mol. The van der Waals surface area contributed by atoms with E-state index >= 15 is 0 Å². The number of fused-ring (bicyclic) bond motifs is 1. The summed E-state index contributed by atoms with van der Waals surface area (Å²) in [6, 6.07) is 15.6. The van der Waals surface area contributed by atoms with Gasteiger partial charge in [0, 0.05) is 17.3 Å². The van der Waals surface area contributed by atoms with E-state index in [-0.39, 0.29) is 11.9 Å². The van der Waals surface area contributed by atoms with Gasteiger partial charge in [0.1, 0.15) is 18.1 Å². The Kier molecular flexibility index (Phi) is 4.44. The Hall–Kier alpha value is -3.08. The molecule has 27 heavy (non-hydrogen) atoms. The molecule has 0 bridgehead atoms. The lowest BCUT2D eigenvalue weighted by Gasteiger charge is -2.23. The third-order valence-electron chi connectivity index (χ3n) is 5.07. The maximum absolute atomic E-state index is 13.2. The first-order chi connectivity index (χ1) is 13.0. The molecule has 3 aromatic rings. The summed E-state index contributed by atoms with van der Waals surface area (Å²) in [7, 11) is 0. The Labute approximate surface area is 158 Å². The highest BCUT2D eigenvalue weighted by atomic mass is 16.5. The second kappa shape index (κ2) is 6.91. The number of ether oxygens (including phenoxy) is 1. The van der Waals surface area contributed by atoms with Gasteiger partial charge in [0.2, 0.25) is 0 Å². The molecule has 1 atom stereocenters. The number of amides is 1. The molecule has 138 valence electrons. The fourth-order valence-corrected chi connectivity index (χ4v) is 3.60. The minimum absolute atomic E-state index is 0.00441. The second-order valence-electron chi connectivity index (χ2n) is 6.98. The van der Waals surface area contributed by atoms with Crippen LogP contribution in [0, 0.1) is 13.8 Å². The standard InChI is InChI=1S/C22H22N2O3/c1-14-11-17-7-4-5-10-21(17)24(14)22(25)18-8-6-9-19(12-18)26-13-20-15(2)23-27-16(20)3/h4-10,12,14H,11,13H2,1-3H3/t14-/m1/s1. The van der Waals surface area contributed by atoms with E-state index in [2.05, 4.69) is 18.1 Å². The van der Waals surface area contributed by atoms with Gasteiger partial charge in [0.25, 0.3) is 5.91 Å². The van der Waals surface area contributed by atoms with E-state index in [0.717, 1.165) is 29.1 Å². The van der Waals surface area contributed by atoms with Crippen molar-refractivity contribution < 1.29 is 14.1 Å². The monoisotopic (exact) mass is 362 g/mol. The molecule has 0 radical (unpaired) electrons. The minimum atomic E-state index is -0.00441. The molecule has 2 aromatic carbocycles. The minimum Gasteiger partial charge on any atom is -0.489 e. The van der Waals surface area contributed by atoms with Gasteiger partial charge in [-0.15, -0.1) is 0 Å². The van der Waals surface area contributed by atoms with Crippen LogP contribution in [0.2, 0.25) is 0 Å². The van der Waals surface area contributed by atoms with Crippen LogP contribution >= 0.6 is 0 Å². The molecular formula is C22H22N2O3. The van der Waals surface area contributed by atoms with Gasteiger partial charge in [-0.2, -0.15) is 0 Å². The first-order valence-electron chi connectivity index (χ1n) is 9.10. The van der Waals surface area contributed by atoms with E-state index in [1.54, 1.807) is 6.07 Å². The smallest absolute Gasteiger partial charge is 0.258 e. The molecule has 0 N–H and O–H groups in total. The lowest BCUT2D eigenvalue weighted by Crippen LogP contribution is -2.35. The van der Waals surface area contributed by atoms with Gasteiger partial charge in [-0.25, -0.2) is 0 Å². The number of aryl methyl sites for hydroxylation is 2. The molecule has 0 unspecified atom stereocenters. The average Bonchev–Trinajstić information content (AvgIpc) is 3.18. The summed E-state index contributed by atoms with van der Waals surface area (Å²) in [5, 5.41) is 3.94. The summed E-state index contributed by atoms with van der Waals surface area (Å²) in [5.41, 5.74) is 4.59. The second-order valence-corrected chi connectivity index (χ2v) is 6.98. The number of para-hydroxylation sites is 1. The van der Waals surface area contributed by atoms with Gasteiger partial charge >= 0.3 is 0 Å². The Morgan fingerprint density at radius 2 is 2.04 bits per heavy atom. The molecule has 1 aliphatic rings. The van der Waals surface area contributed by atoms with Crippen LogP contribution in [0.4, 0.5) is 5.69 Å².